The maximum atomic E-state index is 12.4. The van der Waals surface area contributed by atoms with Gasteiger partial charge in [-0.3, -0.25) is 14.4 Å². The summed E-state index contributed by atoms with van der Waals surface area (Å²) in [7, 11) is 1.81. The number of Topliss-reactive ketones (excluding diaryl/α,β-unsaturated/α-hetero) is 1. The lowest BCUT2D eigenvalue weighted by Crippen LogP contribution is -2.23. The molecule has 1 aliphatic rings. The predicted molar refractivity (Wildman–Crippen MR) is 121 cm³/mol. The Morgan fingerprint density at radius 1 is 1.10 bits per heavy atom. The number of likely N-dealkylation sites (tertiary alicyclic amines) is 1. The minimum atomic E-state index is -0.200. The van der Waals surface area contributed by atoms with Crippen molar-refractivity contribution in [2.75, 3.05) is 18.9 Å². The number of aryl methyl sites for hydroxylation is 1. The van der Waals surface area contributed by atoms with E-state index in [1.165, 1.54) is 17.3 Å². The fourth-order valence-electron chi connectivity index (χ4n) is 3.46. The summed E-state index contributed by atoms with van der Waals surface area (Å²) in [6, 6.07) is 15.1. The third-order valence-corrected chi connectivity index (χ3v) is 6.53. The van der Waals surface area contributed by atoms with E-state index in [0.717, 1.165) is 30.7 Å². The Bertz CT molecular complexity index is 911. The molecule has 5 nitrogen and oxygen atoms in total. The van der Waals surface area contributed by atoms with Crippen molar-refractivity contribution in [1.29, 1.82) is 0 Å². The van der Waals surface area contributed by atoms with E-state index in [1.807, 2.05) is 55.6 Å². The van der Waals surface area contributed by atoms with Gasteiger partial charge in [-0.1, -0.05) is 49.7 Å². The minimum absolute atomic E-state index is 0.0320. The van der Waals surface area contributed by atoms with Crippen LogP contribution in [0, 0.1) is 0 Å². The van der Waals surface area contributed by atoms with Crippen LogP contribution in [0.3, 0.4) is 0 Å². The lowest BCUT2D eigenvalue weighted by Gasteiger charge is -2.14. The van der Waals surface area contributed by atoms with Crippen LogP contribution in [0.5, 0.6) is 0 Å². The first-order valence-corrected chi connectivity index (χ1v) is 11.3. The highest BCUT2D eigenvalue weighted by molar-refractivity contribution is 8.00. The summed E-state index contributed by atoms with van der Waals surface area (Å²) in [5.41, 5.74) is 2.54. The number of nitrogens with one attached hydrogen (secondary N) is 1. The molecule has 0 bridgehead atoms. The molecule has 30 heavy (non-hydrogen) atoms. The van der Waals surface area contributed by atoms with Crippen molar-refractivity contribution in [3.05, 3.63) is 59.7 Å². The molecule has 2 amide bonds. The maximum absolute atomic E-state index is 12.4. The average molecular weight is 425 g/mol. The van der Waals surface area contributed by atoms with E-state index in [-0.39, 0.29) is 35.7 Å². The van der Waals surface area contributed by atoms with Gasteiger partial charge in [0, 0.05) is 36.9 Å². The number of ketones is 1. The molecule has 1 aliphatic heterocycles. The molecule has 1 atom stereocenters. The van der Waals surface area contributed by atoms with E-state index in [2.05, 4.69) is 12.2 Å². The molecule has 1 heterocycles. The Labute approximate surface area is 182 Å². The van der Waals surface area contributed by atoms with Crippen LogP contribution in [0.4, 0.5) is 5.69 Å². The van der Waals surface area contributed by atoms with Gasteiger partial charge in [0.1, 0.15) is 0 Å². The molecule has 2 aromatic rings. The number of rotatable bonds is 9. The highest BCUT2D eigenvalue weighted by atomic mass is 32.2. The first kappa shape index (κ1) is 22.1. The van der Waals surface area contributed by atoms with Gasteiger partial charge in [0.2, 0.25) is 11.8 Å². The van der Waals surface area contributed by atoms with Crippen molar-refractivity contribution >= 4 is 35.0 Å². The smallest absolute Gasteiger partial charge is 0.235 e. The molecule has 0 aromatic heterocycles. The van der Waals surface area contributed by atoms with Crippen LogP contribution in [0.15, 0.2) is 53.4 Å². The standard InChI is InChI=1S/C24H28N2O3S/c1-3-6-17-9-11-18(12-10-17)20(27)13-14-23(28)25-19-7-4-5-8-21(19)30-22-15-16-26(2)24(22)29/h4-5,7-12,22H,3,6,13-16H2,1-2H3,(H,25,28). The number of carbonyl (C=O) groups excluding carboxylic acids is 3. The first-order valence-electron chi connectivity index (χ1n) is 10.4. The summed E-state index contributed by atoms with van der Waals surface area (Å²) >= 11 is 1.49. The SMILES string of the molecule is CCCc1ccc(C(=O)CCC(=O)Nc2ccccc2SC2CCN(C)C2=O)cc1. The fraction of sp³-hybridized carbons (Fsp3) is 0.375. The molecule has 6 heteroatoms. The Morgan fingerprint density at radius 2 is 1.83 bits per heavy atom. The molecular weight excluding hydrogens is 396 g/mol. The third-order valence-electron chi connectivity index (χ3n) is 5.20. The fourth-order valence-corrected chi connectivity index (χ4v) is 4.67. The van der Waals surface area contributed by atoms with E-state index >= 15 is 0 Å². The van der Waals surface area contributed by atoms with Crippen LogP contribution >= 0.6 is 11.8 Å². The van der Waals surface area contributed by atoms with Crippen molar-refractivity contribution in [3.63, 3.8) is 0 Å². The monoisotopic (exact) mass is 424 g/mol. The van der Waals surface area contributed by atoms with Crippen LogP contribution in [-0.2, 0) is 16.0 Å². The van der Waals surface area contributed by atoms with Crippen LogP contribution in [0.2, 0.25) is 0 Å². The Kier molecular flexibility index (Phi) is 7.69. The number of anilines is 1. The number of benzene rings is 2. The third kappa shape index (κ3) is 5.72. The Balaban J connectivity index is 1.55. The van der Waals surface area contributed by atoms with Crippen molar-refractivity contribution in [2.45, 2.75) is 49.2 Å². The lowest BCUT2D eigenvalue weighted by molar-refractivity contribution is -0.126. The number of hydrogen-bond donors (Lipinski definition) is 1. The highest BCUT2D eigenvalue weighted by Gasteiger charge is 2.30. The van der Waals surface area contributed by atoms with Gasteiger partial charge in [0.15, 0.2) is 5.78 Å². The summed E-state index contributed by atoms with van der Waals surface area (Å²) in [6.07, 6.45) is 3.16. The van der Waals surface area contributed by atoms with Gasteiger partial charge >= 0.3 is 0 Å². The zero-order valence-corrected chi connectivity index (χ0v) is 18.3. The molecule has 158 valence electrons. The maximum Gasteiger partial charge on any atom is 0.235 e. The molecule has 0 radical (unpaired) electrons. The summed E-state index contributed by atoms with van der Waals surface area (Å²) in [4.78, 5) is 39.7. The predicted octanol–water partition coefficient (Wildman–Crippen LogP) is 4.56. The summed E-state index contributed by atoms with van der Waals surface area (Å²) in [6.45, 7) is 2.88. The van der Waals surface area contributed by atoms with E-state index < -0.39 is 0 Å². The van der Waals surface area contributed by atoms with Gasteiger partial charge in [-0.2, -0.15) is 0 Å². The topological polar surface area (TPSA) is 66.5 Å². The second-order valence-electron chi connectivity index (χ2n) is 7.57. The van der Waals surface area contributed by atoms with Gasteiger partial charge in [0.05, 0.1) is 10.9 Å². The van der Waals surface area contributed by atoms with Gasteiger partial charge in [-0.25, -0.2) is 0 Å². The molecule has 0 aliphatic carbocycles. The van der Waals surface area contributed by atoms with Crippen molar-refractivity contribution < 1.29 is 14.4 Å². The molecular formula is C24H28N2O3S. The average Bonchev–Trinajstić information content (AvgIpc) is 3.06. The number of carbonyl (C=O) groups is 3. The molecule has 1 N–H and O–H groups in total. The van der Waals surface area contributed by atoms with Crippen LogP contribution in [0.1, 0.15) is 48.5 Å². The zero-order chi connectivity index (χ0) is 21.5. The Hall–Kier alpha value is -2.60. The highest BCUT2D eigenvalue weighted by Crippen LogP contribution is 2.34. The molecule has 1 unspecified atom stereocenters. The molecule has 1 fully saturated rings. The summed E-state index contributed by atoms with van der Waals surface area (Å²) in [5.74, 6) is -0.110. The number of para-hydroxylation sites is 1. The zero-order valence-electron chi connectivity index (χ0n) is 17.5. The number of hydrogen-bond acceptors (Lipinski definition) is 4. The molecule has 2 aromatic carbocycles. The normalized spacial score (nSPS) is 16.0. The van der Waals surface area contributed by atoms with Crippen molar-refractivity contribution in [3.8, 4) is 0 Å². The van der Waals surface area contributed by atoms with Crippen LogP contribution in [-0.4, -0.2) is 41.3 Å². The Morgan fingerprint density at radius 3 is 2.50 bits per heavy atom. The van der Waals surface area contributed by atoms with Gasteiger partial charge in [-0.15, -0.1) is 11.8 Å². The second kappa shape index (κ2) is 10.4. The quantitative estimate of drug-likeness (QED) is 0.599. The second-order valence-corrected chi connectivity index (χ2v) is 8.81. The number of thioether (sulfide) groups is 1. The number of nitrogens with zero attached hydrogens (tertiary/aromatic N) is 1. The van der Waals surface area contributed by atoms with Crippen molar-refractivity contribution in [1.82, 2.24) is 4.90 Å². The first-order chi connectivity index (χ1) is 14.5. The summed E-state index contributed by atoms with van der Waals surface area (Å²) in [5, 5.41) is 2.79. The molecule has 0 saturated carbocycles. The van der Waals surface area contributed by atoms with Crippen molar-refractivity contribution in [2.24, 2.45) is 0 Å². The van der Waals surface area contributed by atoms with Crippen LogP contribution < -0.4 is 5.32 Å². The summed E-state index contributed by atoms with van der Waals surface area (Å²) < 4.78 is 0. The molecule has 0 spiro atoms. The largest absolute Gasteiger partial charge is 0.345 e. The van der Waals surface area contributed by atoms with E-state index in [0.29, 0.717) is 11.3 Å². The van der Waals surface area contributed by atoms with E-state index in [4.69, 9.17) is 0 Å². The van der Waals surface area contributed by atoms with Crippen LogP contribution in [0.25, 0.3) is 0 Å². The van der Waals surface area contributed by atoms with Gasteiger partial charge in [0.25, 0.3) is 0 Å². The van der Waals surface area contributed by atoms with Gasteiger partial charge < -0.3 is 10.2 Å². The van der Waals surface area contributed by atoms with E-state index in [1.54, 1.807) is 4.90 Å². The molecule has 3 rings (SSSR count). The van der Waals surface area contributed by atoms with E-state index in [9.17, 15) is 14.4 Å². The molecule has 1 saturated heterocycles. The number of amides is 2. The minimum Gasteiger partial charge on any atom is -0.345 e. The lowest BCUT2D eigenvalue weighted by atomic mass is 10.0. The van der Waals surface area contributed by atoms with Gasteiger partial charge in [-0.05, 0) is 30.5 Å².